The van der Waals surface area contributed by atoms with Crippen LogP contribution in [-0.4, -0.2) is 13.1 Å². The Bertz CT molecular complexity index is 623. The molecule has 0 saturated carbocycles. The fourth-order valence-electron chi connectivity index (χ4n) is 2.37. The van der Waals surface area contributed by atoms with Crippen LogP contribution in [0.4, 0.5) is 10.5 Å². The number of methoxy groups -OCH3 is 1. The zero-order valence-electron chi connectivity index (χ0n) is 11.3. The van der Waals surface area contributed by atoms with Gasteiger partial charge in [-0.05, 0) is 29.3 Å². The maximum atomic E-state index is 12.1. The van der Waals surface area contributed by atoms with E-state index in [2.05, 4.69) is 5.32 Å². The van der Waals surface area contributed by atoms with Crippen LogP contribution in [0.2, 0.25) is 0 Å². The molecule has 1 heterocycles. The van der Waals surface area contributed by atoms with Gasteiger partial charge in [-0.1, -0.05) is 30.3 Å². The van der Waals surface area contributed by atoms with E-state index < -0.39 is 0 Å². The second kappa shape index (κ2) is 5.25. The molecule has 0 saturated heterocycles. The average molecular weight is 268 g/mol. The van der Waals surface area contributed by atoms with E-state index >= 15 is 0 Å². The van der Waals surface area contributed by atoms with Crippen LogP contribution in [0.25, 0.3) is 0 Å². The Labute approximate surface area is 118 Å². The molecule has 0 unspecified atom stereocenters. The molecule has 0 radical (unpaired) electrons. The van der Waals surface area contributed by atoms with Gasteiger partial charge in [0.05, 0.1) is 19.3 Å². The fourth-order valence-corrected chi connectivity index (χ4v) is 2.37. The number of carbonyl (C=O) groups is 1. The summed E-state index contributed by atoms with van der Waals surface area (Å²) in [4.78, 5) is 13.8. The smallest absolute Gasteiger partial charge is 0.322 e. The third-order valence-electron chi connectivity index (χ3n) is 3.46. The van der Waals surface area contributed by atoms with E-state index in [1.165, 1.54) is 0 Å². The van der Waals surface area contributed by atoms with Gasteiger partial charge in [0.2, 0.25) is 0 Å². The summed E-state index contributed by atoms with van der Waals surface area (Å²) in [6.07, 6.45) is 0. The van der Waals surface area contributed by atoms with Crippen LogP contribution < -0.4 is 15.0 Å². The van der Waals surface area contributed by atoms with E-state index in [-0.39, 0.29) is 6.03 Å². The SMILES string of the molecule is COc1ccc(CN2C(=O)NCc3ccccc32)cc1. The van der Waals surface area contributed by atoms with E-state index in [1.54, 1.807) is 12.0 Å². The van der Waals surface area contributed by atoms with Crippen LogP contribution in [0, 0.1) is 0 Å². The molecule has 0 spiro atoms. The molecule has 20 heavy (non-hydrogen) atoms. The second-order valence-electron chi connectivity index (χ2n) is 4.72. The maximum Gasteiger partial charge on any atom is 0.322 e. The fraction of sp³-hybridized carbons (Fsp3) is 0.188. The van der Waals surface area contributed by atoms with E-state index in [4.69, 9.17) is 4.74 Å². The molecule has 0 fully saturated rings. The molecule has 1 aliphatic heterocycles. The van der Waals surface area contributed by atoms with Gasteiger partial charge in [-0.3, -0.25) is 4.90 Å². The lowest BCUT2D eigenvalue weighted by Gasteiger charge is -2.30. The largest absolute Gasteiger partial charge is 0.497 e. The number of rotatable bonds is 3. The van der Waals surface area contributed by atoms with Gasteiger partial charge in [0.15, 0.2) is 0 Å². The zero-order valence-corrected chi connectivity index (χ0v) is 11.3. The van der Waals surface area contributed by atoms with E-state index in [0.29, 0.717) is 13.1 Å². The molecular formula is C16H16N2O2. The van der Waals surface area contributed by atoms with Crippen LogP contribution in [0.3, 0.4) is 0 Å². The Balaban J connectivity index is 1.87. The molecule has 3 rings (SSSR count). The topological polar surface area (TPSA) is 41.6 Å². The molecule has 4 nitrogen and oxygen atoms in total. The van der Waals surface area contributed by atoms with Crippen LogP contribution in [-0.2, 0) is 13.1 Å². The summed E-state index contributed by atoms with van der Waals surface area (Å²) in [6, 6.07) is 15.7. The molecule has 2 aromatic carbocycles. The second-order valence-corrected chi connectivity index (χ2v) is 4.72. The molecule has 0 bridgehead atoms. The van der Waals surface area contributed by atoms with Gasteiger partial charge >= 0.3 is 6.03 Å². The highest BCUT2D eigenvalue weighted by Crippen LogP contribution is 2.26. The highest BCUT2D eigenvalue weighted by Gasteiger charge is 2.23. The van der Waals surface area contributed by atoms with Crippen molar-refractivity contribution in [3.63, 3.8) is 0 Å². The number of anilines is 1. The van der Waals surface area contributed by atoms with E-state index in [0.717, 1.165) is 22.6 Å². The van der Waals surface area contributed by atoms with Gasteiger partial charge in [-0.2, -0.15) is 0 Å². The Hall–Kier alpha value is -2.49. The first-order valence-corrected chi connectivity index (χ1v) is 6.54. The summed E-state index contributed by atoms with van der Waals surface area (Å²) in [5.41, 5.74) is 3.19. The number of benzene rings is 2. The molecule has 0 aromatic heterocycles. The molecule has 0 aliphatic carbocycles. The van der Waals surface area contributed by atoms with Crippen molar-refractivity contribution in [3.8, 4) is 5.75 Å². The lowest BCUT2D eigenvalue weighted by atomic mass is 10.1. The third kappa shape index (κ3) is 2.32. The van der Waals surface area contributed by atoms with Gasteiger partial charge in [0, 0.05) is 6.54 Å². The van der Waals surface area contributed by atoms with Crippen LogP contribution in [0.15, 0.2) is 48.5 Å². The lowest BCUT2D eigenvalue weighted by molar-refractivity contribution is 0.244. The molecule has 0 atom stereocenters. The van der Waals surface area contributed by atoms with Crippen molar-refractivity contribution in [2.24, 2.45) is 0 Å². The monoisotopic (exact) mass is 268 g/mol. The molecule has 2 aromatic rings. The summed E-state index contributed by atoms with van der Waals surface area (Å²) < 4.78 is 5.14. The normalized spacial score (nSPS) is 13.7. The average Bonchev–Trinajstić information content (AvgIpc) is 2.51. The third-order valence-corrected chi connectivity index (χ3v) is 3.46. The number of fused-ring (bicyclic) bond motifs is 1. The number of carbonyl (C=O) groups excluding carboxylic acids is 1. The summed E-state index contributed by atoms with van der Waals surface area (Å²) in [5, 5.41) is 2.89. The molecule has 1 N–H and O–H groups in total. The van der Waals surface area contributed by atoms with Crippen molar-refractivity contribution in [2.75, 3.05) is 12.0 Å². The van der Waals surface area contributed by atoms with E-state index in [9.17, 15) is 4.79 Å². The summed E-state index contributed by atoms with van der Waals surface area (Å²) >= 11 is 0. The standard InChI is InChI=1S/C16H16N2O2/c1-20-14-8-6-12(7-9-14)11-18-15-5-3-2-4-13(15)10-17-16(18)19/h2-9H,10-11H2,1H3,(H,17,19). The highest BCUT2D eigenvalue weighted by atomic mass is 16.5. The molecule has 1 aliphatic rings. The molecule has 2 amide bonds. The van der Waals surface area contributed by atoms with Crippen molar-refractivity contribution in [1.82, 2.24) is 5.32 Å². The minimum Gasteiger partial charge on any atom is -0.497 e. The van der Waals surface area contributed by atoms with E-state index in [1.807, 2.05) is 48.5 Å². The zero-order chi connectivity index (χ0) is 13.9. The number of para-hydroxylation sites is 1. The summed E-state index contributed by atoms with van der Waals surface area (Å²) in [7, 11) is 1.64. The Kier molecular flexibility index (Phi) is 3.29. The summed E-state index contributed by atoms with van der Waals surface area (Å²) in [5.74, 6) is 0.817. The number of ether oxygens (including phenoxy) is 1. The molecule has 4 heteroatoms. The molecule has 102 valence electrons. The van der Waals surface area contributed by atoms with Crippen molar-refractivity contribution in [3.05, 3.63) is 59.7 Å². The van der Waals surface area contributed by atoms with Gasteiger partial charge in [-0.15, -0.1) is 0 Å². The van der Waals surface area contributed by atoms with Gasteiger partial charge in [0.1, 0.15) is 5.75 Å². The predicted molar refractivity (Wildman–Crippen MR) is 77.9 cm³/mol. The Morgan fingerprint density at radius 1 is 1.15 bits per heavy atom. The van der Waals surface area contributed by atoms with Crippen molar-refractivity contribution < 1.29 is 9.53 Å². The summed E-state index contributed by atoms with van der Waals surface area (Å²) in [6.45, 7) is 1.14. The van der Waals surface area contributed by atoms with Crippen molar-refractivity contribution in [1.29, 1.82) is 0 Å². The van der Waals surface area contributed by atoms with Crippen LogP contribution in [0.5, 0.6) is 5.75 Å². The number of hydrogen-bond acceptors (Lipinski definition) is 2. The van der Waals surface area contributed by atoms with Crippen molar-refractivity contribution >= 4 is 11.7 Å². The predicted octanol–water partition coefficient (Wildman–Crippen LogP) is 2.93. The Morgan fingerprint density at radius 3 is 2.65 bits per heavy atom. The van der Waals surface area contributed by atoms with Gasteiger partial charge < -0.3 is 10.1 Å². The van der Waals surface area contributed by atoms with Crippen LogP contribution >= 0.6 is 0 Å². The minimum atomic E-state index is -0.0560. The first-order chi connectivity index (χ1) is 9.78. The first-order valence-electron chi connectivity index (χ1n) is 6.54. The van der Waals surface area contributed by atoms with Crippen molar-refractivity contribution in [2.45, 2.75) is 13.1 Å². The molecular weight excluding hydrogens is 252 g/mol. The first kappa shape index (κ1) is 12.5. The van der Waals surface area contributed by atoms with Crippen LogP contribution in [0.1, 0.15) is 11.1 Å². The number of hydrogen-bond donors (Lipinski definition) is 1. The lowest BCUT2D eigenvalue weighted by Crippen LogP contribution is -2.43. The number of urea groups is 1. The Morgan fingerprint density at radius 2 is 1.90 bits per heavy atom. The van der Waals surface area contributed by atoms with Gasteiger partial charge in [-0.25, -0.2) is 4.79 Å². The van der Waals surface area contributed by atoms with Gasteiger partial charge in [0.25, 0.3) is 0 Å². The number of nitrogens with zero attached hydrogens (tertiary/aromatic N) is 1. The highest BCUT2D eigenvalue weighted by molar-refractivity contribution is 5.94. The maximum absolute atomic E-state index is 12.1. The minimum absolute atomic E-state index is 0.0560. The number of amides is 2. The number of nitrogens with one attached hydrogen (secondary N) is 1. The quantitative estimate of drug-likeness (QED) is 0.930.